The van der Waals surface area contributed by atoms with E-state index in [1.165, 1.54) is 4.68 Å². The van der Waals surface area contributed by atoms with E-state index < -0.39 is 0 Å². The molecule has 0 spiro atoms. The van der Waals surface area contributed by atoms with E-state index in [0.717, 1.165) is 32.2 Å². The minimum absolute atomic E-state index is 0.160. The summed E-state index contributed by atoms with van der Waals surface area (Å²) in [6.45, 7) is 1.93. The van der Waals surface area contributed by atoms with Crippen LogP contribution in [0.25, 0.3) is 0 Å². The number of aromatic nitrogens is 2. The average molecular weight is 348 g/mol. The van der Waals surface area contributed by atoms with E-state index in [0.29, 0.717) is 23.3 Å². The Morgan fingerprint density at radius 3 is 2.85 bits per heavy atom. The van der Waals surface area contributed by atoms with E-state index in [-0.39, 0.29) is 12.2 Å². The Labute approximate surface area is 127 Å². The fourth-order valence-electron chi connectivity index (χ4n) is 1.74. The molecular weight excluding hydrogens is 326 g/mol. The molecule has 0 radical (unpaired) electrons. The Kier molecular flexibility index (Phi) is 8.48. The first-order valence-corrected chi connectivity index (χ1v) is 7.59. The molecule has 0 aliphatic rings. The van der Waals surface area contributed by atoms with Gasteiger partial charge in [-0.25, -0.2) is 4.68 Å². The summed E-state index contributed by atoms with van der Waals surface area (Å²) in [6.07, 6.45) is 5.58. The average Bonchev–Trinajstić information content (AvgIpc) is 2.46. The number of halogens is 1. The van der Waals surface area contributed by atoms with Crippen LogP contribution in [0, 0.1) is 0 Å². The van der Waals surface area contributed by atoms with Crippen LogP contribution in [0.2, 0.25) is 0 Å². The number of methoxy groups -OCH3 is 1. The number of nitrogens with zero attached hydrogens (tertiary/aromatic N) is 2. The number of anilines is 1. The van der Waals surface area contributed by atoms with Crippen LogP contribution in [0.5, 0.6) is 0 Å². The summed E-state index contributed by atoms with van der Waals surface area (Å²) in [4.78, 5) is 12.0. The van der Waals surface area contributed by atoms with Crippen molar-refractivity contribution in [3.05, 3.63) is 21.0 Å². The highest BCUT2D eigenvalue weighted by molar-refractivity contribution is 9.10. The molecule has 0 aliphatic carbocycles. The molecule has 2 N–H and O–H groups in total. The van der Waals surface area contributed by atoms with Gasteiger partial charge >= 0.3 is 0 Å². The molecule has 20 heavy (non-hydrogen) atoms. The monoisotopic (exact) mass is 347 g/mol. The molecule has 0 unspecified atom stereocenters. The maximum atomic E-state index is 12.0. The molecule has 0 saturated carbocycles. The smallest absolute Gasteiger partial charge is 0.283 e. The summed E-state index contributed by atoms with van der Waals surface area (Å²) in [5.74, 6) is 0. The minimum atomic E-state index is -0.160. The summed E-state index contributed by atoms with van der Waals surface area (Å²) in [5.41, 5.74) is 0.554. The van der Waals surface area contributed by atoms with E-state index in [1.54, 1.807) is 13.3 Å². The first-order chi connectivity index (χ1) is 9.70. The third-order valence-corrected chi connectivity index (χ3v) is 3.66. The molecule has 0 fully saturated rings. The third kappa shape index (κ3) is 5.60. The predicted molar refractivity (Wildman–Crippen MR) is 82.1 cm³/mol. The normalized spacial score (nSPS) is 10.8. The second-order valence-corrected chi connectivity index (χ2v) is 5.25. The summed E-state index contributed by atoms with van der Waals surface area (Å²) >= 11 is 3.31. The van der Waals surface area contributed by atoms with Crippen LogP contribution in [0.4, 0.5) is 5.69 Å². The van der Waals surface area contributed by atoms with Gasteiger partial charge in [-0.1, -0.05) is 12.8 Å². The van der Waals surface area contributed by atoms with E-state index in [2.05, 4.69) is 26.3 Å². The molecule has 1 aromatic heterocycles. The zero-order valence-corrected chi connectivity index (χ0v) is 13.4. The molecule has 1 aromatic rings. The van der Waals surface area contributed by atoms with Gasteiger partial charge < -0.3 is 15.2 Å². The number of unbranched alkanes of at least 4 members (excludes halogenated alkanes) is 3. The number of nitrogens with one attached hydrogen (secondary N) is 1. The number of hydrogen-bond donors (Lipinski definition) is 2. The zero-order valence-electron chi connectivity index (χ0n) is 11.8. The maximum absolute atomic E-state index is 12.0. The van der Waals surface area contributed by atoms with Crippen molar-refractivity contribution >= 4 is 21.6 Å². The van der Waals surface area contributed by atoms with Crippen LogP contribution in [0.1, 0.15) is 25.7 Å². The predicted octanol–water partition coefficient (Wildman–Crippen LogP) is 1.62. The van der Waals surface area contributed by atoms with Gasteiger partial charge in [0.1, 0.15) is 4.47 Å². The fraction of sp³-hybridized carbons (Fsp3) is 0.692. The molecule has 0 aromatic carbocycles. The van der Waals surface area contributed by atoms with Crippen molar-refractivity contribution in [2.45, 2.75) is 32.2 Å². The second kappa shape index (κ2) is 9.90. The van der Waals surface area contributed by atoms with Crippen LogP contribution >= 0.6 is 15.9 Å². The quantitative estimate of drug-likeness (QED) is 0.629. The highest BCUT2D eigenvalue weighted by atomic mass is 79.9. The maximum Gasteiger partial charge on any atom is 0.283 e. The molecule has 0 amide bonds. The van der Waals surface area contributed by atoms with Crippen molar-refractivity contribution in [3.8, 4) is 0 Å². The Bertz CT molecular complexity index is 451. The topological polar surface area (TPSA) is 76.4 Å². The van der Waals surface area contributed by atoms with Gasteiger partial charge in [-0.05, 0) is 28.8 Å². The van der Waals surface area contributed by atoms with Gasteiger partial charge in [0.15, 0.2) is 0 Å². The van der Waals surface area contributed by atoms with Gasteiger partial charge in [-0.3, -0.25) is 4.79 Å². The molecule has 7 heteroatoms. The molecular formula is C13H22BrN3O3. The molecule has 114 valence electrons. The van der Waals surface area contributed by atoms with Crippen molar-refractivity contribution in [2.75, 3.05) is 32.2 Å². The standard InChI is InChI=1S/C13H22BrN3O3/c1-20-9-7-17-13(19)12(14)11(10-16-17)15-6-4-2-3-5-8-18/h10,15,18H,2-9H2,1H3. The Hall–Kier alpha value is -0.920. The Balaban J connectivity index is 2.47. The largest absolute Gasteiger partial charge is 0.396 e. The highest BCUT2D eigenvalue weighted by Crippen LogP contribution is 2.16. The number of aliphatic hydroxyl groups is 1. The second-order valence-electron chi connectivity index (χ2n) is 4.46. The summed E-state index contributed by atoms with van der Waals surface area (Å²) in [6, 6.07) is 0. The van der Waals surface area contributed by atoms with E-state index in [9.17, 15) is 4.79 Å². The van der Waals surface area contributed by atoms with Gasteiger partial charge in [0, 0.05) is 20.3 Å². The van der Waals surface area contributed by atoms with E-state index in [4.69, 9.17) is 9.84 Å². The SMILES string of the molecule is COCCn1ncc(NCCCCCCO)c(Br)c1=O. The third-order valence-electron chi connectivity index (χ3n) is 2.89. The molecule has 0 saturated heterocycles. The summed E-state index contributed by atoms with van der Waals surface area (Å²) < 4.78 is 6.81. The molecule has 0 atom stereocenters. The number of aliphatic hydroxyl groups excluding tert-OH is 1. The number of hydrogen-bond acceptors (Lipinski definition) is 5. The molecule has 0 aliphatic heterocycles. The highest BCUT2D eigenvalue weighted by Gasteiger charge is 2.08. The molecule has 6 nitrogen and oxygen atoms in total. The van der Waals surface area contributed by atoms with Gasteiger partial charge in [-0.15, -0.1) is 0 Å². The lowest BCUT2D eigenvalue weighted by Crippen LogP contribution is -2.26. The van der Waals surface area contributed by atoms with Crippen molar-refractivity contribution in [2.24, 2.45) is 0 Å². The fourth-order valence-corrected chi connectivity index (χ4v) is 2.19. The summed E-state index contributed by atoms with van der Waals surface area (Å²) in [5, 5.41) is 16.0. The van der Waals surface area contributed by atoms with Crippen molar-refractivity contribution in [1.29, 1.82) is 0 Å². The van der Waals surface area contributed by atoms with Gasteiger partial charge in [0.05, 0.1) is 25.0 Å². The van der Waals surface area contributed by atoms with Crippen LogP contribution in [0.3, 0.4) is 0 Å². The van der Waals surface area contributed by atoms with Crippen LogP contribution in [-0.4, -0.2) is 41.8 Å². The first-order valence-electron chi connectivity index (χ1n) is 6.80. The first kappa shape index (κ1) is 17.1. The zero-order chi connectivity index (χ0) is 14.8. The molecule has 1 rings (SSSR count). The van der Waals surface area contributed by atoms with Crippen molar-refractivity contribution in [1.82, 2.24) is 9.78 Å². The Morgan fingerprint density at radius 2 is 2.15 bits per heavy atom. The number of ether oxygens (including phenoxy) is 1. The lowest BCUT2D eigenvalue weighted by Gasteiger charge is -2.10. The van der Waals surface area contributed by atoms with E-state index in [1.807, 2.05) is 0 Å². The van der Waals surface area contributed by atoms with E-state index >= 15 is 0 Å². The lowest BCUT2D eigenvalue weighted by molar-refractivity contribution is 0.181. The molecule has 0 bridgehead atoms. The van der Waals surface area contributed by atoms with Crippen LogP contribution in [-0.2, 0) is 11.3 Å². The number of rotatable bonds is 10. The van der Waals surface area contributed by atoms with Crippen LogP contribution in [0.15, 0.2) is 15.5 Å². The van der Waals surface area contributed by atoms with Crippen LogP contribution < -0.4 is 10.9 Å². The molecule has 1 heterocycles. The van der Waals surface area contributed by atoms with Gasteiger partial charge in [-0.2, -0.15) is 5.10 Å². The Morgan fingerprint density at radius 1 is 1.40 bits per heavy atom. The van der Waals surface area contributed by atoms with Gasteiger partial charge in [0.2, 0.25) is 0 Å². The minimum Gasteiger partial charge on any atom is -0.396 e. The van der Waals surface area contributed by atoms with Crippen molar-refractivity contribution in [3.63, 3.8) is 0 Å². The lowest BCUT2D eigenvalue weighted by atomic mass is 10.2. The summed E-state index contributed by atoms with van der Waals surface area (Å²) in [7, 11) is 1.59. The van der Waals surface area contributed by atoms with Gasteiger partial charge in [0.25, 0.3) is 5.56 Å². The van der Waals surface area contributed by atoms with Crippen molar-refractivity contribution < 1.29 is 9.84 Å².